The van der Waals surface area contributed by atoms with E-state index in [9.17, 15) is 19.8 Å². The lowest BCUT2D eigenvalue weighted by Crippen LogP contribution is -2.59. The maximum Gasteiger partial charge on any atom is 0.291 e. The van der Waals surface area contributed by atoms with E-state index in [1.807, 2.05) is 37.3 Å². The second-order valence-corrected chi connectivity index (χ2v) is 11.0. The number of hydrogen-bond donors (Lipinski definition) is 4. The van der Waals surface area contributed by atoms with Crippen molar-refractivity contribution in [1.29, 1.82) is 0 Å². The van der Waals surface area contributed by atoms with E-state index in [0.717, 1.165) is 55.3 Å². The smallest absolute Gasteiger partial charge is 0.291 e. The summed E-state index contributed by atoms with van der Waals surface area (Å²) in [6.07, 6.45) is 10.3. The van der Waals surface area contributed by atoms with Gasteiger partial charge in [-0.2, -0.15) is 0 Å². The highest BCUT2D eigenvalue weighted by Gasteiger charge is 2.45. The van der Waals surface area contributed by atoms with Gasteiger partial charge in [-0.05, 0) is 55.9 Å². The van der Waals surface area contributed by atoms with Crippen LogP contribution in [0.15, 0.2) is 54.7 Å². The number of aromatic nitrogens is 3. The molecule has 214 valence electrons. The largest absolute Gasteiger partial charge is 0.381 e. The first-order valence-corrected chi connectivity index (χ1v) is 13.8. The summed E-state index contributed by atoms with van der Waals surface area (Å²) in [5.74, 6) is -4.05. The summed E-state index contributed by atoms with van der Waals surface area (Å²) in [6.45, 7) is 8.86. The van der Waals surface area contributed by atoms with Crippen LogP contribution in [0.2, 0.25) is 0 Å². The molecule has 12 heteroatoms. The van der Waals surface area contributed by atoms with Crippen LogP contribution in [0.5, 0.6) is 0 Å². The number of H-pyrrole nitrogens is 1. The van der Waals surface area contributed by atoms with Crippen molar-refractivity contribution in [3.05, 3.63) is 71.9 Å². The molecule has 2 aromatic rings. The third-order valence-corrected chi connectivity index (χ3v) is 7.96. The Kier molecular flexibility index (Phi) is 8.17. The molecule has 1 aromatic carbocycles. The van der Waals surface area contributed by atoms with E-state index < -0.39 is 23.7 Å². The number of ether oxygens (including phenoxy) is 1. The number of nitrogens with zero attached hydrogens (tertiary/aromatic N) is 4. The number of aryl methyl sites for hydroxylation is 1. The van der Waals surface area contributed by atoms with Crippen molar-refractivity contribution in [2.24, 2.45) is 5.41 Å². The van der Waals surface area contributed by atoms with Gasteiger partial charge in [-0.3, -0.25) is 19.6 Å². The lowest BCUT2D eigenvalue weighted by atomic mass is 9.73. The minimum absolute atomic E-state index is 0.131. The van der Waals surface area contributed by atoms with E-state index in [1.54, 1.807) is 12.1 Å². The Hall–Kier alpha value is -3.74. The monoisotopic (exact) mass is 558 g/mol. The van der Waals surface area contributed by atoms with Crippen LogP contribution in [0.1, 0.15) is 48.2 Å². The van der Waals surface area contributed by atoms with Crippen molar-refractivity contribution < 1.29 is 24.5 Å². The maximum atomic E-state index is 13.6. The molecule has 3 aliphatic rings. The molecule has 0 bridgehead atoms. The molecule has 2 saturated heterocycles. The highest BCUT2D eigenvalue weighted by Crippen LogP contribution is 2.43. The van der Waals surface area contributed by atoms with Gasteiger partial charge in [0.1, 0.15) is 11.9 Å². The second-order valence-electron chi connectivity index (χ2n) is 11.0. The third kappa shape index (κ3) is 6.14. The number of fused-ring (bicyclic) bond motifs is 1. The minimum atomic E-state index is -2.98. The Balaban J connectivity index is 1.32. The first-order chi connectivity index (χ1) is 19.6. The van der Waals surface area contributed by atoms with Crippen LogP contribution in [0.25, 0.3) is 0 Å². The molecule has 11 nitrogen and oxygen atoms in total. The summed E-state index contributed by atoms with van der Waals surface area (Å²) < 4.78 is 5.51. The van der Waals surface area contributed by atoms with Crippen LogP contribution >= 0.6 is 0 Å². The number of nitrogens with one attached hydrogen (secondary N) is 2. The van der Waals surface area contributed by atoms with E-state index >= 15 is 0 Å². The molecular weight excluding hydrogens is 523 g/mol. The van der Waals surface area contributed by atoms with Crippen LogP contribution in [0.4, 0.5) is 11.4 Å². The average Bonchev–Trinajstić information content (AvgIpc) is 3.33. The molecule has 1 atom stereocenters. The zero-order valence-electron chi connectivity index (χ0n) is 23.2. The van der Waals surface area contributed by atoms with Gasteiger partial charge in [0.05, 0.1) is 5.69 Å². The van der Waals surface area contributed by atoms with Crippen LogP contribution in [0.3, 0.4) is 0 Å². The van der Waals surface area contributed by atoms with Gasteiger partial charge in [-0.25, -0.2) is 4.98 Å². The highest BCUT2D eigenvalue weighted by atomic mass is 16.5. The minimum Gasteiger partial charge on any atom is -0.381 e. The number of aromatic amines is 1. The summed E-state index contributed by atoms with van der Waals surface area (Å²) in [6, 6.07) is 4.52. The molecule has 1 spiro atoms. The molecule has 0 saturated carbocycles. The summed E-state index contributed by atoms with van der Waals surface area (Å²) in [4.78, 5) is 33.9. The van der Waals surface area contributed by atoms with Crippen molar-refractivity contribution in [1.82, 2.24) is 20.5 Å². The quantitative estimate of drug-likeness (QED) is 0.217. The van der Waals surface area contributed by atoms with Crippen molar-refractivity contribution >= 4 is 31.0 Å². The average molecular weight is 558 g/mol. The summed E-state index contributed by atoms with van der Waals surface area (Å²) in [5, 5.41) is 30.4. The van der Waals surface area contributed by atoms with E-state index in [4.69, 9.17) is 12.6 Å². The molecular formula is C29H35BN6O5. The van der Waals surface area contributed by atoms with E-state index in [-0.39, 0.29) is 17.7 Å². The molecule has 1 unspecified atom stereocenters. The van der Waals surface area contributed by atoms with Crippen molar-refractivity contribution in [2.45, 2.75) is 50.9 Å². The molecule has 41 heavy (non-hydrogen) atoms. The number of aliphatic hydroxyl groups is 2. The first-order valence-electron chi connectivity index (χ1n) is 13.8. The third-order valence-electron chi connectivity index (χ3n) is 7.96. The van der Waals surface area contributed by atoms with Gasteiger partial charge in [0.2, 0.25) is 5.82 Å². The number of allylic oxidation sites excluding steroid dienone is 5. The lowest BCUT2D eigenvalue weighted by molar-refractivity contribution is -0.135. The van der Waals surface area contributed by atoms with Crippen LogP contribution in [0, 0.1) is 5.41 Å². The fourth-order valence-electron chi connectivity index (χ4n) is 5.84. The summed E-state index contributed by atoms with van der Waals surface area (Å²) in [5.41, 5.74) is 3.03. The molecule has 5 rings (SSSR count). The van der Waals surface area contributed by atoms with Crippen LogP contribution in [-0.4, -0.2) is 83.2 Å². The van der Waals surface area contributed by atoms with E-state index in [2.05, 4.69) is 32.0 Å². The van der Waals surface area contributed by atoms with Gasteiger partial charge < -0.3 is 25.2 Å². The Morgan fingerprint density at radius 1 is 1.34 bits per heavy atom. The number of rotatable bonds is 8. The Bertz CT molecular complexity index is 1370. The summed E-state index contributed by atoms with van der Waals surface area (Å²) >= 11 is 0. The Labute approximate surface area is 240 Å². The van der Waals surface area contributed by atoms with Crippen molar-refractivity contribution in [2.75, 3.05) is 36.1 Å². The molecule has 2 radical (unpaired) electrons. The number of carbonyl (C=O) groups excluding carboxylic acids is 2. The van der Waals surface area contributed by atoms with E-state index in [1.165, 1.54) is 0 Å². The molecule has 1 aromatic heterocycles. The molecule has 3 aliphatic heterocycles. The van der Waals surface area contributed by atoms with Gasteiger partial charge in [-0.15, -0.1) is 5.10 Å². The normalized spacial score (nSPS) is 21.0. The van der Waals surface area contributed by atoms with Gasteiger partial charge in [0.15, 0.2) is 13.7 Å². The number of amides is 2. The van der Waals surface area contributed by atoms with Gasteiger partial charge in [0.25, 0.3) is 11.8 Å². The number of benzene rings is 1. The predicted octanol–water partition coefficient (Wildman–Crippen LogP) is 1.49. The van der Waals surface area contributed by atoms with Crippen LogP contribution < -0.4 is 15.1 Å². The number of hydrogen-bond acceptors (Lipinski definition) is 8. The fraction of sp³-hybridized carbons (Fsp3) is 0.448. The fourth-order valence-corrected chi connectivity index (χ4v) is 5.84. The first kappa shape index (κ1) is 28.8. The molecule has 2 amide bonds. The van der Waals surface area contributed by atoms with E-state index in [0.29, 0.717) is 29.9 Å². The standard InChI is InChI=1S/C29H35BN6O5/c1-3-5-19(6-4-2)15-24-32-25(34-33-24)26(37)31-22-10-8-20-7-9-21(16-23(20)36(27(22)38)29(30,39)40)35-17-28(18-35)11-13-41-14-12-28/h3-7,9,16,22,39-40H,1,8,10-15,17-18H2,2H3,(H,31,37)(H,32,33,34)/b6-4-,19-5+. The highest BCUT2D eigenvalue weighted by molar-refractivity contribution is 6.19. The van der Waals surface area contributed by atoms with Gasteiger partial charge in [0, 0.05) is 43.8 Å². The van der Waals surface area contributed by atoms with Crippen molar-refractivity contribution in [3.8, 4) is 0 Å². The zero-order valence-corrected chi connectivity index (χ0v) is 23.2. The predicted molar refractivity (Wildman–Crippen MR) is 154 cm³/mol. The topological polar surface area (TPSA) is 144 Å². The number of anilines is 2. The Morgan fingerprint density at radius 2 is 2.10 bits per heavy atom. The molecule has 4 heterocycles. The maximum absolute atomic E-state index is 13.6. The van der Waals surface area contributed by atoms with Crippen molar-refractivity contribution in [3.63, 3.8) is 0 Å². The lowest BCUT2D eigenvalue weighted by Gasteiger charge is -2.53. The Morgan fingerprint density at radius 3 is 2.78 bits per heavy atom. The number of carbonyl (C=O) groups is 2. The van der Waals surface area contributed by atoms with Crippen LogP contribution in [-0.2, 0) is 22.4 Å². The van der Waals surface area contributed by atoms with Gasteiger partial charge in [-0.1, -0.05) is 36.9 Å². The summed E-state index contributed by atoms with van der Waals surface area (Å²) in [7, 11) is 5.70. The second kappa shape index (κ2) is 11.6. The van der Waals surface area contributed by atoms with Gasteiger partial charge >= 0.3 is 0 Å². The molecule has 4 N–H and O–H groups in total. The zero-order chi connectivity index (χ0) is 29.2. The SMILES string of the molecule is [B]C(O)(O)N1C(=O)C(NC(=O)c2n[nH]c(CC(/C=C\C)=C/C=C)n2)CCc2ccc(N3CC4(CCOCC4)C3)cc21. The molecule has 0 aliphatic carbocycles. The molecule has 2 fully saturated rings.